The molecule has 1 aliphatic heterocycles. The number of carbonyl (C=O) groups is 1. The van der Waals surface area contributed by atoms with Crippen molar-refractivity contribution in [1.29, 1.82) is 0 Å². The summed E-state index contributed by atoms with van der Waals surface area (Å²) in [7, 11) is 0. The van der Waals surface area contributed by atoms with E-state index in [2.05, 4.69) is 17.6 Å². The van der Waals surface area contributed by atoms with Gasteiger partial charge in [0.2, 0.25) is 5.91 Å². The zero-order valence-electron chi connectivity index (χ0n) is 8.98. The third-order valence-electron chi connectivity index (χ3n) is 2.56. The molecule has 1 amide bonds. The molecule has 0 bridgehead atoms. The molecule has 3 nitrogen and oxygen atoms in total. The second-order valence-corrected chi connectivity index (χ2v) is 4.93. The Morgan fingerprint density at radius 3 is 2.31 bits per heavy atom. The Bertz CT molecular complexity index is 192. The first-order valence-corrected chi connectivity index (χ1v) is 4.93. The monoisotopic (exact) mass is 184 g/mol. The highest BCUT2D eigenvalue weighted by Crippen LogP contribution is 2.15. The summed E-state index contributed by atoms with van der Waals surface area (Å²) in [5.74, 6) is 0.762. The molecule has 2 N–H and O–H groups in total. The van der Waals surface area contributed by atoms with E-state index >= 15 is 0 Å². The van der Waals surface area contributed by atoms with Gasteiger partial charge in [0.1, 0.15) is 0 Å². The van der Waals surface area contributed by atoms with Crippen molar-refractivity contribution in [1.82, 2.24) is 10.6 Å². The molecule has 0 radical (unpaired) electrons. The lowest BCUT2D eigenvalue weighted by Crippen LogP contribution is -2.54. The summed E-state index contributed by atoms with van der Waals surface area (Å²) in [5.41, 5.74) is -0.272. The molecule has 1 rings (SSSR count). The van der Waals surface area contributed by atoms with Gasteiger partial charge in [0.25, 0.3) is 0 Å². The van der Waals surface area contributed by atoms with E-state index < -0.39 is 0 Å². The lowest BCUT2D eigenvalue weighted by atomic mass is 9.91. The van der Waals surface area contributed by atoms with E-state index in [1.165, 1.54) is 0 Å². The standard InChI is InChI=1S/C10H20N2O/c1-7(8-5-11-6-8)12-9(13)10(2,3)4/h7-8,11H,5-6H2,1-4H3,(H,12,13). The fourth-order valence-corrected chi connectivity index (χ4v) is 1.21. The van der Waals surface area contributed by atoms with Crippen molar-refractivity contribution in [3.63, 3.8) is 0 Å². The molecule has 1 unspecified atom stereocenters. The fourth-order valence-electron chi connectivity index (χ4n) is 1.21. The van der Waals surface area contributed by atoms with Crippen molar-refractivity contribution in [3.05, 3.63) is 0 Å². The molecule has 0 saturated carbocycles. The fraction of sp³-hybridized carbons (Fsp3) is 0.900. The molecule has 1 saturated heterocycles. The van der Waals surface area contributed by atoms with Gasteiger partial charge in [0.15, 0.2) is 0 Å². The Morgan fingerprint density at radius 2 is 2.00 bits per heavy atom. The first kappa shape index (κ1) is 10.5. The van der Waals surface area contributed by atoms with Crippen LogP contribution in [-0.4, -0.2) is 25.0 Å². The highest BCUT2D eigenvalue weighted by Gasteiger charge is 2.28. The van der Waals surface area contributed by atoms with Crippen LogP contribution < -0.4 is 10.6 Å². The summed E-state index contributed by atoms with van der Waals surface area (Å²) in [4.78, 5) is 11.6. The van der Waals surface area contributed by atoms with Gasteiger partial charge in [-0.2, -0.15) is 0 Å². The van der Waals surface area contributed by atoms with Gasteiger partial charge in [-0.15, -0.1) is 0 Å². The molecule has 1 heterocycles. The summed E-state index contributed by atoms with van der Waals surface area (Å²) in [6.07, 6.45) is 0. The van der Waals surface area contributed by atoms with E-state index in [4.69, 9.17) is 0 Å². The topological polar surface area (TPSA) is 41.1 Å². The van der Waals surface area contributed by atoms with Gasteiger partial charge in [-0.25, -0.2) is 0 Å². The predicted octanol–water partition coefficient (Wildman–Crippen LogP) is 0.757. The third-order valence-corrected chi connectivity index (χ3v) is 2.56. The molecular weight excluding hydrogens is 164 g/mol. The second-order valence-electron chi connectivity index (χ2n) is 4.93. The maximum absolute atomic E-state index is 11.6. The van der Waals surface area contributed by atoms with E-state index in [1.54, 1.807) is 0 Å². The molecule has 0 aromatic carbocycles. The van der Waals surface area contributed by atoms with E-state index in [1.807, 2.05) is 20.8 Å². The average Bonchev–Trinajstić information content (AvgIpc) is 1.79. The Morgan fingerprint density at radius 1 is 1.46 bits per heavy atom. The largest absolute Gasteiger partial charge is 0.353 e. The molecule has 1 aliphatic rings. The van der Waals surface area contributed by atoms with Crippen LogP contribution in [0.4, 0.5) is 0 Å². The first-order valence-electron chi connectivity index (χ1n) is 4.93. The Labute approximate surface area is 80.3 Å². The van der Waals surface area contributed by atoms with Crippen LogP contribution in [-0.2, 0) is 4.79 Å². The SMILES string of the molecule is CC(NC(=O)C(C)(C)C)C1CNC1. The molecule has 3 heteroatoms. The van der Waals surface area contributed by atoms with Crippen molar-refractivity contribution >= 4 is 5.91 Å². The molecule has 1 atom stereocenters. The number of hydrogen-bond acceptors (Lipinski definition) is 2. The summed E-state index contributed by atoms with van der Waals surface area (Å²) in [5, 5.41) is 6.25. The van der Waals surface area contributed by atoms with E-state index in [-0.39, 0.29) is 11.3 Å². The van der Waals surface area contributed by atoms with Crippen LogP contribution >= 0.6 is 0 Å². The van der Waals surface area contributed by atoms with Gasteiger partial charge < -0.3 is 10.6 Å². The molecular formula is C10H20N2O. The van der Waals surface area contributed by atoms with Crippen LogP contribution in [0.25, 0.3) is 0 Å². The van der Waals surface area contributed by atoms with Gasteiger partial charge >= 0.3 is 0 Å². The summed E-state index contributed by atoms with van der Waals surface area (Å²) < 4.78 is 0. The van der Waals surface area contributed by atoms with Crippen molar-refractivity contribution in [2.45, 2.75) is 33.7 Å². The normalized spacial score (nSPS) is 20.6. The number of hydrogen-bond donors (Lipinski definition) is 2. The number of carbonyl (C=O) groups excluding carboxylic acids is 1. The highest BCUT2D eigenvalue weighted by atomic mass is 16.2. The second kappa shape index (κ2) is 3.66. The first-order chi connectivity index (χ1) is 5.91. The minimum absolute atomic E-state index is 0.145. The van der Waals surface area contributed by atoms with Crippen LogP contribution in [0.1, 0.15) is 27.7 Å². The van der Waals surface area contributed by atoms with Crippen LogP contribution in [0, 0.1) is 11.3 Å². The molecule has 0 spiro atoms. The lowest BCUT2D eigenvalue weighted by Gasteiger charge is -2.34. The summed E-state index contributed by atoms with van der Waals surface area (Å²) in [6.45, 7) is 9.96. The molecule has 0 aromatic rings. The summed E-state index contributed by atoms with van der Waals surface area (Å²) >= 11 is 0. The number of rotatable bonds is 2. The van der Waals surface area contributed by atoms with Crippen molar-refractivity contribution in [2.75, 3.05) is 13.1 Å². The molecule has 0 aliphatic carbocycles. The maximum Gasteiger partial charge on any atom is 0.225 e. The molecule has 1 fully saturated rings. The minimum Gasteiger partial charge on any atom is -0.353 e. The molecule has 13 heavy (non-hydrogen) atoms. The number of nitrogens with one attached hydrogen (secondary N) is 2. The van der Waals surface area contributed by atoms with Crippen LogP contribution in [0.3, 0.4) is 0 Å². The van der Waals surface area contributed by atoms with Crippen molar-refractivity contribution in [2.24, 2.45) is 11.3 Å². The minimum atomic E-state index is -0.272. The van der Waals surface area contributed by atoms with E-state index in [9.17, 15) is 4.79 Å². The van der Waals surface area contributed by atoms with Gasteiger partial charge in [-0.05, 0) is 6.92 Å². The zero-order chi connectivity index (χ0) is 10.1. The molecule has 0 aromatic heterocycles. The quantitative estimate of drug-likeness (QED) is 0.665. The lowest BCUT2D eigenvalue weighted by molar-refractivity contribution is -0.129. The van der Waals surface area contributed by atoms with Gasteiger partial charge in [-0.3, -0.25) is 4.79 Å². The van der Waals surface area contributed by atoms with Crippen molar-refractivity contribution < 1.29 is 4.79 Å². The average molecular weight is 184 g/mol. The Kier molecular flexibility index (Phi) is 2.96. The number of amides is 1. The Hall–Kier alpha value is -0.570. The van der Waals surface area contributed by atoms with Gasteiger partial charge in [0.05, 0.1) is 0 Å². The van der Waals surface area contributed by atoms with E-state index in [0.717, 1.165) is 13.1 Å². The van der Waals surface area contributed by atoms with Gasteiger partial charge in [0, 0.05) is 30.5 Å². The van der Waals surface area contributed by atoms with Crippen LogP contribution in [0.5, 0.6) is 0 Å². The van der Waals surface area contributed by atoms with E-state index in [0.29, 0.717) is 12.0 Å². The van der Waals surface area contributed by atoms with Crippen LogP contribution in [0.15, 0.2) is 0 Å². The summed E-state index contributed by atoms with van der Waals surface area (Å²) in [6, 6.07) is 0.299. The zero-order valence-corrected chi connectivity index (χ0v) is 8.98. The smallest absolute Gasteiger partial charge is 0.225 e. The highest BCUT2D eigenvalue weighted by molar-refractivity contribution is 5.81. The van der Waals surface area contributed by atoms with Crippen LogP contribution in [0.2, 0.25) is 0 Å². The third kappa shape index (κ3) is 2.69. The Balaban J connectivity index is 2.35. The van der Waals surface area contributed by atoms with Gasteiger partial charge in [-0.1, -0.05) is 20.8 Å². The van der Waals surface area contributed by atoms with Crippen molar-refractivity contribution in [3.8, 4) is 0 Å². The predicted molar refractivity (Wildman–Crippen MR) is 53.4 cm³/mol. The molecule has 76 valence electrons. The maximum atomic E-state index is 11.6.